The molecular weight excluding hydrogens is 266 g/mol. The Kier molecular flexibility index (Phi) is 4.31. The summed E-state index contributed by atoms with van der Waals surface area (Å²) in [5.41, 5.74) is 2.77. The molecule has 1 aliphatic carbocycles. The molecule has 2 N–H and O–H groups in total. The van der Waals surface area contributed by atoms with E-state index in [1.807, 2.05) is 30.3 Å². The van der Waals surface area contributed by atoms with Gasteiger partial charge in [-0.1, -0.05) is 25.0 Å². The van der Waals surface area contributed by atoms with Crippen molar-refractivity contribution < 1.29 is 9.53 Å². The minimum absolute atomic E-state index is 0.101. The van der Waals surface area contributed by atoms with E-state index in [0.717, 1.165) is 29.8 Å². The summed E-state index contributed by atoms with van der Waals surface area (Å²) in [6.45, 7) is 0.132. The lowest BCUT2D eigenvalue weighted by Gasteiger charge is -2.11. The number of aromatic amines is 1. The molecule has 1 aromatic carbocycles. The fourth-order valence-corrected chi connectivity index (χ4v) is 2.60. The normalized spacial score (nSPS) is 15.2. The monoisotopic (exact) mass is 285 g/mol. The molecule has 5 heteroatoms. The molecule has 1 aromatic heterocycles. The maximum Gasteiger partial charge on any atom is 0.250 e. The van der Waals surface area contributed by atoms with Gasteiger partial charge in [-0.25, -0.2) is 0 Å². The standard InChI is InChI=1S/C16H19N3O2/c20-16(11-21-14-3-1-2-4-14)18-13-7-5-12(6-8-13)15-9-10-17-19-15/h5-10,14H,1-4,11H2,(H,17,19)(H,18,20). The molecular formula is C16H19N3O2. The van der Waals surface area contributed by atoms with Gasteiger partial charge in [-0.05, 0) is 36.6 Å². The Hall–Kier alpha value is -2.14. The maximum absolute atomic E-state index is 11.8. The quantitative estimate of drug-likeness (QED) is 0.887. The molecule has 0 bridgehead atoms. The predicted octanol–water partition coefficient (Wildman–Crippen LogP) is 2.97. The van der Waals surface area contributed by atoms with E-state index >= 15 is 0 Å². The minimum Gasteiger partial charge on any atom is -0.368 e. The average Bonchev–Trinajstić information content (AvgIpc) is 3.19. The molecule has 1 aliphatic rings. The second-order valence-electron chi connectivity index (χ2n) is 5.31. The van der Waals surface area contributed by atoms with Crippen molar-refractivity contribution in [3.63, 3.8) is 0 Å². The molecule has 0 spiro atoms. The molecule has 0 atom stereocenters. The number of hydrogen-bond acceptors (Lipinski definition) is 3. The lowest BCUT2D eigenvalue weighted by molar-refractivity contribution is -0.122. The topological polar surface area (TPSA) is 67.0 Å². The Morgan fingerprint density at radius 1 is 1.24 bits per heavy atom. The van der Waals surface area contributed by atoms with Gasteiger partial charge in [0.1, 0.15) is 6.61 Å². The SMILES string of the molecule is O=C(COC1CCCC1)Nc1ccc(-c2ccn[nH]2)cc1. The van der Waals surface area contributed by atoms with Gasteiger partial charge in [-0.3, -0.25) is 9.89 Å². The Bertz CT molecular complexity index is 572. The molecule has 0 unspecified atom stereocenters. The van der Waals surface area contributed by atoms with Gasteiger partial charge in [-0.15, -0.1) is 0 Å². The van der Waals surface area contributed by atoms with Gasteiger partial charge in [0.25, 0.3) is 0 Å². The molecule has 21 heavy (non-hydrogen) atoms. The third-order valence-corrected chi connectivity index (χ3v) is 3.73. The van der Waals surface area contributed by atoms with Crippen molar-refractivity contribution in [3.05, 3.63) is 36.5 Å². The van der Waals surface area contributed by atoms with Gasteiger partial charge in [-0.2, -0.15) is 5.10 Å². The summed E-state index contributed by atoms with van der Waals surface area (Å²) in [6.07, 6.45) is 6.55. The number of aromatic nitrogens is 2. The highest BCUT2D eigenvalue weighted by Gasteiger charge is 2.16. The van der Waals surface area contributed by atoms with Crippen LogP contribution in [0.1, 0.15) is 25.7 Å². The van der Waals surface area contributed by atoms with Gasteiger partial charge < -0.3 is 10.1 Å². The smallest absolute Gasteiger partial charge is 0.250 e. The summed E-state index contributed by atoms with van der Waals surface area (Å²) in [7, 11) is 0. The Labute approximate surface area is 123 Å². The van der Waals surface area contributed by atoms with Gasteiger partial charge in [0, 0.05) is 11.9 Å². The summed E-state index contributed by atoms with van der Waals surface area (Å²) >= 11 is 0. The number of benzene rings is 1. The van der Waals surface area contributed by atoms with E-state index < -0.39 is 0 Å². The number of amides is 1. The van der Waals surface area contributed by atoms with Crippen LogP contribution < -0.4 is 5.32 Å². The van der Waals surface area contributed by atoms with E-state index in [-0.39, 0.29) is 18.6 Å². The van der Waals surface area contributed by atoms with Crippen molar-refractivity contribution in [1.82, 2.24) is 10.2 Å². The van der Waals surface area contributed by atoms with Gasteiger partial charge in [0.15, 0.2) is 0 Å². The van der Waals surface area contributed by atoms with Crippen LogP contribution in [0.3, 0.4) is 0 Å². The molecule has 1 amide bonds. The van der Waals surface area contributed by atoms with Gasteiger partial charge in [0.2, 0.25) is 5.91 Å². The van der Waals surface area contributed by atoms with Crippen LogP contribution in [0.25, 0.3) is 11.3 Å². The van der Waals surface area contributed by atoms with Crippen molar-refractivity contribution in [1.29, 1.82) is 0 Å². The first kappa shape index (κ1) is 13.8. The third-order valence-electron chi connectivity index (χ3n) is 3.73. The maximum atomic E-state index is 11.8. The van der Waals surface area contributed by atoms with E-state index in [1.165, 1.54) is 12.8 Å². The number of carbonyl (C=O) groups is 1. The number of nitrogens with one attached hydrogen (secondary N) is 2. The number of H-pyrrole nitrogens is 1. The van der Waals surface area contributed by atoms with E-state index in [4.69, 9.17) is 4.74 Å². The summed E-state index contributed by atoms with van der Waals surface area (Å²) in [5.74, 6) is -0.101. The highest BCUT2D eigenvalue weighted by Crippen LogP contribution is 2.21. The van der Waals surface area contributed by atoms with Crippen LogP contribution in [0, 0.1) is 0 Å². The molecule has 110 valence electrons. The number of rotatable bonds is 5. The number of hydrogen-bond donors (Lipinski definition) is 2. The van der Waals surface area contributed by atoms with Crippen LogP contribution in [-0.4, -0.2) is 28.8 Å². The summed E-state index contributed by atoms with van der Waals surface area (Å²) in [4.78, 5) is 11.8. The molecule has 3 rings (SSSR count). The van der Waals surface area contributed by atoms with Crippen molar-refractivity contribution in [2.75, 3.05) is 11.9 Å². The lowest BCUT2D eigenvalue weighted by atomic mass is 10.1. The number of carbonyl (C=O) groups excluding carboxylic acids is 1. The van der Waals surface area contributed by atoms with Crippen LogP contribution in [-0.2, 0) is 9.53 Å². The Morgan fingerprint density at radius 3 is 2.67 bits per heavy atom. The molecule has 5 nitrogen and oxygen atoms in total. The Balaban J connectivity index is 1.51. The number of anilines is 1. The van der Waals surface area contributed by atoms with Gasteiger partial charge in [0.05, 0.1) is 11.8 Å². The first-order valence-electron chi connectivity index (χ1n) is 7.32. The first-order chi connectivity index (χ1) is 10.3. The van der Waals surface area contributed by atoms with Crippen LogP contribution in [0.2, 0.25) is 0 Å². The molecule has 0 aliphatic heterocycles. The van der Waals surface area contributed by atoms with E-state index in [9.17, 15) is 4.79 Å². The van der Waals surface area contributed by atoms with E-state index in [0.29, 0.717) is 0 Å². The van der Waals surface area contributed by atoms with E-state index in [1.54, 1.807) is 6.20 Å². The second-order valence-corrected chi connectivity index (χ2v) is 5.31. The van der Waals surface area contributed by atoms with Crippen LogP contribution in [0.5, 0.6) is 0 Å². The predicted molar refractivity (Wildman–Crippen MR) is 80.9 cm³/mol. The van der Waals surface area contributed by atoms with Crippen molar-refractivity contribution in [2.24, 2.45) is 0 Å². The molecule has 0 radical (unpaired) electrons. The molecule has 1 fully saturated rings. The zero-order valence-corrected chi connectivity index (χ0v) is 11.8. The average molecular weight is 285 g/mol. The van der Waals surface area contributed by atoms with Gasteiger partial charge >= 0.3 is 0 Å². The fourth-order valence-electron chi connectivity index (χ4n) is 2.60. The molecule has 1 heterocycles. The first-order valence-corrected chi connectivity index (χ1v) is 7.32. The Morgan fingerprint density at radius 2 is 2.00 bits per heavy atom. The fraction of sp³-hybridized carbons (Fsp3) is 0.375. The number of ether oxygens (including phenoxy) is 1. The summed E-state index contributed by atoms with van der Waals surface area (Å²) in [5, 5.41) is 9.68. The zero-order chi connectivity index (χ0) is 14.5. The molecule has 1 saturated carbocycles. The molecule has 2 aromatic rings. The summed E-state index contributed by atoms with van der Waals surface area (Å²) in [6, 6.07) is 9.55. The zero-order valence-electron chi connectivity index (χ0n) is 11.8. The highest BCUT2D eigenvalue weighted by molar-refractivity contribution is 5.91. The molecule has 0 saturated heterocycles. The van der Waals surface area contributed by atoms with E-state index in [2.05, 4.69) is 15.5 Å². The van der Waals surface area contributed by atoms with Crippen LogP contribution in [0.4, 0.5) is 5.69 Å². The van der Waals surface area contributed by atoms with Crippen molar-refractivity contribution in [3.8, 4) is 11.3 Å². The summed E-state index contributed by atoms with van der Waals surface area (Å²) < 4.78 is 5.59. The minimum atomic E-state index is -0.101. The second kappa shape index (κ2) is 6.54. The van der Waals surface area contributed by atoms with Crippen LogP contribution >= 0.6 is 0 Å². The lowest BCUT2D eigenvalue weighted by Crippen LogP contribution is -2.21. The van der Waals surface area contributed by atoms with Crippen LogP contribution in [0.15, 0.2) is 36.5 Å². The van der Waals surface area contributed by atoms with Crippen molar-refractivity contribution in [2.45, 2.75) is 31.8 Å². The largest absolute Gasteiger partial charge is 0.368 e. The highest BCUT2D eigenvalue weighted by atomic mass is 16.5. The van der Waals surface area contributed by atoms with Crippen molar-refractivity contribution >= 4 is 11.6 Å². The third kappa shape index (κ3) is 3.70. The number of nitrogens with zero attached hydrogens (tertiary/aromatic N) is 1.